The summed E-state index contributed by atoms with van der Waals surface area (Å²) in [5, 5.41) is 12.8. The van der Waals surface area contributed by atoms with E-state index < -0.39 is 17.6 Å². The lowest BCUT2D eigenvalue weighted by Gasteiger charge is -2.11. The Morgan fingerprint density at radius 2 is 1.80 bits per heavy atom. The standard InChI is InChI=1S/C22H17ClF3NO3/c23-16-7-8-20(28)19(12-16)21(29)27-17-5-2-6-18(13-17)30-10-9-14-3-1-4-15(11-14)22(24,25)26/h1-8,11-13,28H,9-10H2,(H,27,29). The molecule has 0 saturated heterocycles. The van der Waals surface area contributed by atoms with Crippen LogP contribution in [0.25, 0.3) is 0 Å². The molecule has 4 nitrogen and oxygen atoms in total. The fourth-order valence-corrected chi connectivity index (χ4v) is 2.91. The molecule has 3 aromatic carbocycles. The van der Waals surface area contributed by atoms with Gasteiger partial charge in [-0.1, -0.05) is 35.9 Å². The van der Waals surface area contributed by atoms with Gasteiger partial charge in [0.25, 0.3) is 5.91 Å². The first kappa shape index (κ1) is 21.5. The second-order valence-electron chi connectivity index (χ2n) is 6.44. The van der Waals surface area contributed by atoms with Crippen LogP contribution in [-0.2, 0) is 12.6 Å². The van der Waals surface area contributed by atoms with Crippen molar-refractivity contribution in [2.24, 2.45) is 0 Å². The number of carbonyl (C=O) groups excluding carboxylic acids is 1. The lowest BCUT2D eigenvalue weighted by Crippen LogP contribution is -2.12. The highest BCUT2D eigenvalue weighted by molar-refractivity contribution is 6.31. The molecule has 2 N–H and O–H groups in total. The summed E-state index contributed by atoms with van der Waals surface area (Å²) in [6.07, 6.45) is -4.10. The molecule has 0 aliphatic heterocycles. The van der Waals surface area contributed by atoms with Gasteiger partial charge in [-0.25, -0.2) is 0 Å². The largest absolute Gasteiger partial charge is 0.507 e. The van der Waals surface area contributed by atoms with Crippen LogP contribution >= 0.6 is 11.6 Å². The van der Waals surface area contributed by atoms with Crippen molar-refractivity contribution in [3.63, 3.8) is 0 Å². The van der Waals surface area contributed by atoms with Crippen LogP contribution in [0.5, 0.6) is 11.5 Å². The Labute approximate surface area is 175 Å². The van der Waals surface area contributed by atoms with Gasteiger partial charge in [-0.15, -0.1) is 0 Å². The van der Waals surface area contributed by atoms with Crippen LogP contribution in [0, 0.1) is 0 Å². The maximum atomic E-state index is 12.8. The van der Waals surface area contributed by atoms with Crippen LogP contribution in [0.4, 0.5) is 18.9 Å². The number of hydrogen-bond acceptors (Lipinski definition) is 3. The molecule has 3 rings (SSSR count). The molecule has 1 amide bonds. The number of alkyl halides is 3. The molecule has 0 fully saturated rings. The predicted molar refractivity (Wildman–Crippen MR) is 108 cm³/mol. The number of halogens is 4. The maximum Gasteiger partial charge on any atom is 0.416 e. The zero-order valence-electron chi connectivity index (χ0n) is 15.5. The fourth-order valence-electron chi connectivity index (χ4n) is 2.74. The SMILES string of the molecule is O=C(Nc1cccc(OCCc2cccc(C(F)(F)F)c2)c1)c1cc(Cl)ccc1O. The number of phenols is 1. The summed E-state index contributed by atoms with van der Waals surface area (Å²) in [6, 6.07) is 15.8. The summed E-state index contributed by atoms with van der Waals surface area (Å²) in [5.41, 5.74) is 0.258. The molecule has 0 unspecified atom stereocenters. The summed E-state index contributed by atoms with van der Waals surface area (Å²) in [5.74, 6) is -0.309. The van der Waals surface area contributed by atoms with E-state index in [1.54, 1.807) is 30.3 Å². The third-order valence-corrected chi connectivity index (χ3v) is 4.44. The van der Waals surface area contributed by atoms with Gasteiger partial charge < -0.3 is 15.2 Å². The van der Waals surface area contributed by atoms with E-state index in [0.29, 0.717) is 22.0 Å². The number of benzene rings is 3. The Hall–Kier alpha value is -3.19. The Balaban J connectivity index is 1.61. The normalized spacial score (nSPS) is 11.2. The second-order valence-corrected chi connectivity index (χ2v) is 6.88. The van der Waals surface area contributed by atoms with Crippen LogP contribution in [0.2, 0.25) is 5.02 Å². The minimum Gasteiger partial charge on any atom is -0.507 e. The highest BCUT2D eigenvalue weighted by Crippen LogP contribution is 2.29. The zero-order chi connectivity index (χ0) is 21.7. The Kier molecular flexibility index (Phi) is 6.52. The number of amides is 1. The minimum atomic E-state index is -4.39. The first-order valence-corrected chi connectivity index (χ1v) is 9.29. The molecule has 8 heteroatoms. The van der Waals surface area contributed by atoms with Crippen LogP contribution < -0.4 is 10.1 Å². The molecule has 0 radical (unpaired) electrons. The van der Waals surface area contributed by atoms with Gasteiger partial charge in [-0.2, -0.15) is 13.2 Å². The van der Waals surface area contributed by atoms with Gasteiger partial charge in [0.2, 0.25) is 0 Å². The van der Waals surface area contributed by atoms with Crippen molar-refractivity contribution >= 4 is 23.2 Å². The van der Waals surface area contributed by atoms with Crippen LogP contribution in [-0.4, -0.2) is 17.6 Å². The summed E-state index contributed by atoms with van der Waals surface area (Å²) < 4.78 is 44.0. The number of phenolic OH excluding ortho intramolecular Hbond substituents is 1. The van der Waals surface area contributed by atoms with Crippen molar-refractivity contribution in [1.82, 2.24) is 0 Å². The van der Waals surface area contributed by atoms with Gasteiger partial charge in [0.15, 0.2) is 0 Å². The van der Waals surface area contributed by atoms with Crippen molar-refractivity contribution in [2.75, 3.05) is 11.9 Å². The molecule has 0 aliphatic rings. The summed E-state index contributed by atoms with van der Waals surface area (Å²) in [6.45, 7) is 0.161. The van der Waals surface area contributed by atoms with Crippen LogP contribution in [0.3, 0.4) is 0 Å². The summed E-state index contributed by atoms with van der Waals surface area (Å²) >= 11 is 5.86. The minimum absolute atomic E-state index is 0.0263. The quantitative estimate of drug-likeness (QED) is 0.504. The first-order valence-electron chi connectivity index (χ1n) is 8.91. The third-order valence-electron chi connectivity index (χ3n) is 4.21. The van der Waals surface area contributed by atoms with Crippen molar-refractivity contribution < 1.29 is 27.8 Å². The average molecular weight is 436 g/mol. The Bertz CT molecular complexity index is 1050. The van der Waals surface area contributed by atoms with Crippen molar-refractivity contribution in [1.29, 1.82) is 0 Å². The predicted octanol–water partition coefficient (Wildman–Crippen LogP) is 5.94. The first-order chi connectivity index (χ1) is 14.2. The number of aromatic hydroxyl groups is 1. The van der Waals surface area contributed by atoms with Crippen molar-refractivity contribution in [3.8, 4) is 11.5 Å². The van der Waals surface area contributed by atoms with Gasteiger partial charge in [0.05, 0.1) is 17.7 Å². The molecular weight excluding hydrogens is 419 g/mol. The molecule has 0 atom stereocenters. The molecule has 0 aliphatic carbocycles. The fraction of sp³-hybridized carbons (Fsp3) is 0.136. The molecule has 0 heterocycles. The number of nitrogens with one attached hydrogen (secondary N) is 1. The average Bonchev–Trinajstić information content (AvgIpc) is 2.70. The number of rotatable bonds is 6. The van der Waals surface area contributed by atoms with E-state index in [9.17, 15) is 23.1 Å². The van der Waals surface area contributed by atoms with Crippen molar-refractivity contribution in [2.45, 2.75) is 12.6 Å². The van der Waals surface area contributed by atoms with E-state index in [0.717, 1.165) is 12.1 Å². The van der Waals surface area contributed by atoms with Gasteiger partial charge in [-0.05, 0) is 42.0 Å². The van der Waals surface area contributed by atoms with Crippen LogP contribution in [0.15, 0.2) is 66.7 Å². The maximum absolute atomic E-state index is 12.8. The highest BCUT2D eigenvalue weighted by Gasteiger charge is 2.30. The van der Waals surface area contributed by atoms with E-state index in [1.165, 1.54) is 24.3 Å². The molecule has 156 valence electrons. The monoisotopic (exact) mass is 435 g/mol. The molecule has 0 aromatic heterocycles. The van der Waals surface area contributed by atoms with E-state index in [2.05, 4.69) is 5.32 Å². The van der Waals surface area contributed by atoms with E-state index in [4.69, 9.17) is 16.3 Å². The molecule has 3 aromatic rings. The third kappa shape index (κ3) is 5.67. The zero-order valence-corrected chi connectivity index (χ0v) is 16.3. The number of hydrogen-bond donors (Lipinski definition) is 2. The van der Waals surface area contributed by atoms with E-state index in [-0.39, 0.29) is 24.3 Å². The second kappa shape index (κ2) is 9.09. The number of anilines is 1. The van der Waals surface area contributed by atoms with Crippen LogP contribution in [0.1, 0.15) is 21.5 Å². The number of ether oxygens (including phenoxy) is 1. The van der Waals surface area contributed by atoms with Gasteiger partial charge in [0.1, 0.15) is 11.5 Å². The Morgan fingerprint density at radius 3 is 2.57 bits per heavy atom. The summed E-state index contributed by atoms with van der Waals surface area (Å²) in [7, 11) is 0. The molecular formula is C22H17ClF3NO3. The van der Waals surface area contributed by atoms with E-state index in [1.807, 2.05) is 0 Å². The van der Waals surface area contributed by atoms with E-state index >= 15 is 0 Å². The number of carbonyl (C=O) groups is 1. The van der Waals surface area contributed by atoms with Gasteiger partial charge in [-0.3, -0.25) is 4.79 Å². The molecule has 30 heavy (non-hydrogen) atoms. The summed E-state index contributed by atoms with van der Waals surface area (Å²) in [4.78, 5) is 12.3. The lowest BCUT2D eigenvalue weighted by atomic mass is 10.1. The highest BCUT2D eigenvalue weighted by atomic mass is 35.5. The molecule has 0 spiro atoms. The lowest BCUT2D eigenvalue weighted by molar-refractivity contribution is -0.137. The van der Waals surface area contributed by atoms with Gasteiger partial charge in [0, 0.05) is 23.2 Å². The van der Waals surface area contributed by atoms with Crippen molar-refractivity contribution in [3.05, 3.63) is 88.4 Å². The van der Waals surface area contributed by atoms with Gasteiger partial charge >= 0.3 is 6.18 Å². The topological polar surface area (TPSA) is 58.6 Å². The Morgan fingerprint density at radius 1 is 1.03 bits per heavy atom. The smallest absolute Gasteiger partial charge is 0.416 e. The molecule has 0 saturated carbocycles. The molecule has 0 bridgehead atoms.